The number of hydrogen-bond acceptors (Lipinski definition) is 4. The van der Waals surface area contributed by atoms with E-state index in [1.165, 1.54) is 0 Å². The Morgan fingerprint density at radius 3 is 2.51 bits per heavy atom. The van der Waals surface area contributed by atoms with E-state index >= 15 is 0 Å². The predicted molar refractivity (Wildman–Crippen MR) is 143 cm³/mol. The number of benzene rings is 1. The second-order valence-electron chi connectivity index (χ2n) is 10.0. The van der Waals surface area contributed by atoms with Gasteiger partial charge < -0.3 is 14.2 Å². The van der Waals surface area contributed by atoms with Crippen LogP contribution >= 0.6 is 34.8 Å². The monoisotopic (exact) mass is 546 g/mol. The molecule has 0 spiro atoms. The number of hydrogen-bond donors (Lipinski definition) is 0. The van der Waals surface area contributed by atoms with E-state index in [1.54, 1.807) is 6.07 Å². The lowest BCUT2D eigenvalue weighted by Gasteiger charge is -2.30. The number of unbranched alkanes of at least 4 members (excludes halogenated alkanes) is 3. The van der Waals surface area contributed by atoms with Crippen LogP contribution in [-0.4, -0.2) is 37.0 Å². The van der Waals surface area contributed by atoms with Crippen LogP contribution in [0.25, 0.3) is 0 Å². The Balaban J connectivity index is 1.52. The third-order valence-corrected chi connectivity index (χ3v) is 8.18. The molecule has 0 radical (unpaired) electrons. The van der Waals surface area contributed by atoms with Gasteiger partial charge in [0.2, 0.25) is 0 Å². The summed E-state index contributed by atoms with van der Waals surface area (Å²) in [7, 11) is 0. The molecule has 1 aliphatic heterocycles. The first kappa shape index (κ1) is 29.0. The highest BCUT2D eigenvalue weighted by molar-refractivity contribution is 6.34. The molecule has 1 aliphatic carbocycles. The van der Waals surface area contributed by atoms with Crippen molar-refractivity contribution in [3.8, 4) is 0 Å². The van der Waals surface area contributed by atoms with E-state index in [2.05, 4.69) is 0 Å². The van der Waals surface area contributed by atoms with Crippen molar-refractivity contribution in [1.82, 2.24) is 0 Å². The first-order chi connectivity index (χ1) is 17.0. The number of ether oxygens (including phenoxy) is 3. The normalized spacial score (nSPS) is 26.7. The van der Waals surface area contributed by atoms with Gasteiger partial charge in [-0.25, -0.2) is 0 Å². The lowest BCUT2D eigenvalue weighted by Crippen LogP contribution is -2.31. The summed E-state index contributed by atoms with van der Waals surface area (Å²) in [5.74, 6) is 0.716. The van der Waals surface area contributed by atoms with Crippen molar-refractivity contribution in [3.05, 3.63) is 33.8 Å². The zero-order chi connectivity index (χ0) is 25.0. The van der Waals surface area contributed by atoms with Crippen LogP contribution in [0.4, 0.5) is 0 Å². The van der Waals surface area contributed by atoms with Crippen LogP contribution < -0.4 is 0 Å². The average molecular weight is 548 g/mol. The Labute approximate surface area is 226 Å². The molecule has 3 rings (SSSR count). The first-order valence-corrected chi connectivity index (χ1v) is 14.7. The molecule has 0 aromatic heterocycles. The van der Waals surface area contributed by atoms with Crippen LogP contribution in [0.2, 0.25) is 10.0 Å². The molecule has 5 atom stereocenters. The number of esters is 1. The van der Waals surface area contributed by atoms with Gasteiger partial charge >= 0.3 is 5.97 Å². The van der Waals surface area contributed by atoms with E-state index in [0.717, 1.165) is 89.2 Å². The highest BCUT2D eigenvalue weighted by atomic mass is 35.5. The van der Waals surface area contributed by atoms with E-state index in [0.29, 0.717) is 34.9 Å². The standard InChI is InChI=1S/C28H41Cl3O4/c1-2-14-33-27(32)10-6-4-3-5-9-23-24(13-12-20-16-21(29)18-22(30)17-20)26(19-25(23)31)35-28-11-7-8-15-34-28/h16-18,23-26,28H,2-15,19H2,1H3/t23-,24-,25-,26-,28?/m1/s1. The van der Waals surface area contributed by atoms with Crippen molar-refractivity contribution in [3.63, 3.8) is 0 Å². The Morgan fingerprint density at radius 1 is 1.03 bits per heavy atom. The van der Waals surface area contributed by atoms with Crippen molar-refractivity contribution in [2.75, 3.05) is 13.2 Å². The van der Waals surface area contributed by atoms with E-state index in [4.69, 9.17) is 49.0 Å². The minimum Gasteiger partial charge on any atom is -0.466 e. The van der Waals surface area contributed by atoms with Crippen LogP contribution in [0, 0.1) is 11.8 Å². The van der Waals surface area contributed by atoms with Gasteiger partial charge in [0.25, 0.3) is 0 Å². The predicted octanol–water partition coefficient (Wildman–Crippen LogP) is 8.38. The SMILES string of the molecule is CCCOC(=O)CCCCCC[C@@H]1[C@@H](CCc2cc(Cl)cc(Cl)c2)[C@H](OC2CCCCO2)C[C@H]1Cl. The van der Waals surface area contributed by atoms with E-state index in [-0.39, 0.29) is 23.7 Å². The van der Waals surface area contributed by atoms with Gasteiger partial charge in [0.1, 0.15) is 0 Å². The Hall–Kier alpha value is -0.520. The van der Waals surface area contributed by atoms with Crippen LogP contribution in [0.3, 0.4) is 0 Å². The lowest BCUT2D eigenvalue weighted by molar-refractivity contribution is -0.196. The van der Waals surface area contributed by atoms with Gasteiger partial charge in [0, 0.05) is 28.5 Å². The quantitative estimate of drug-likeness (QED) is 0.133. The molecule has 7 heteroatoms. The van der Waals surface area contributed by atoms with Gasteiger partial charge in [0.05, 0.1) is 12.7 Å². The summed E-state index contributed by atoms with van der Waals surface area (Å²) in [5, 5.41) is 1.46. The van der Waals surface area contributed by atoms with Gasteiger partial charge in [-0.2, -0.15) is 0 Å². The van der Waals surface area contributed by atoms with Crippen molar-refractivity contribution in [2.45, 2.75) is 108 Å². The van der Waals surface area contributed by atoms with Crippen molar-refractivity contribution < 1.29 is 19.0 Å². The largest absolute Gasteiger partial charge is 0.466 e. The van der Waals surface area contributed by atoms with Crippen LogP contribution in [0.1, 0.15) is 89.5 Å². The molecule has 2 aliphatic rings. The first-order valence-electron chi connectivity index (χ1n) is 13.5. The van der Waals surface area contributed by atoms with Crippen LogP contribution in [-0.2, 0) is 25.4 Å². The minimum atomic E-state index is -0.105. The topological polar surface area (TPSA) is 44.8 Å². The van der Waals surface area contributed by atoms with Crippen LogP contribution in [0.15, 0.2) is 18.2 Å². The molecule has 1 saturated carbocycles. The molecule has 0 N–H and O–H groups in total. The van der Waals surface area contributed by atoms with E-state index in [9.17, 15) is 4.79 Å². The number of carbonyl (C=O) groups excluding carboxylic acids is 1. The van der Waals surface area contributed by atoms with Gasteiger partial charge in [-0.3, -0.25) is 4.79 Å². The summed E-state index contributed by atoms with van der Waals surface area (Å²) in [6, 6.07) is 5.78. The molecule has 1 aromatic carbocycles. The molecule has 1 heterocycles. The summed E-state index contributed by atoms with van der Waals surface area (Å²) in [4.78, 5) is 11.7. The van der Waals surface area contributed by atoms with Crippen molar-refractivity contribution in [2.24, 2.45) is 11.8 Å². The molecule has 1 aromatic rings. The van der Waals surface area contributed by atoms with Gasteiger partial charge in [-0.1, -0.05) is 49.4 Å². The van der Waals surface area contributed by atoms with E-state index in [1.807, 2.05) is 19.1 Å². The Bertz CT molecular complexity index is 748. The summed E-state index contributed by atoms with van der Waals surface area (Å²) in [6.07, 6.45) is 12.6. The maximum atomic E-state index is 11.7. The molecule has 4 nitrogen and oxygen atoms in total. The highest BCUT2D eigenvalue weighted by Crippen LogP contribution is 2.44. The lowest BCUT2D eigenvalue weighted by atomic mass is 9.85. The average Bonchev–Trinajstić information content (AvgIpc) is 3.12. The molecule has 0 amide bonds. The third kappa shape index (κ3) is 10.0. The fourth-order valence-electron chi connectivity index (χ4n) is 5.46. The summed E-state index contributed by atoms with van der Waals surface area (Å²) in [5.41, 5.74) is 1.15. The molecule has 1 unspecified atom stereocenters. The Morgan fingerprint density at radius 2 is 1.80 bits per heavy atom. The number of alkyl halides is 1. The fraction of sp³-hybridized carbons (Fsp3) is 0.750. The number of carbonyl (C=O) groups is 1. The van der Waals surface area contributed by atoms with Crippen molar-refractivity contribution in [1.29, 1.82) is 0 Å². The number of aryl methyl sites for hydroxylation is 1. The zero-order valence-corrected chi connectivity index (χ0v) is 23.3. The molecule has 35 heavy (non-hydrogen) atoms. The maximum Gasteiger partial charge on any atom is 0.305 e. The molecule has 1 saturated heterocycles. The highest BCUT2D eigenvalue weighted by Gasteiger charge is 2.43. The summed E-state index contributed by atoms with van der Waals surface area (Å²) >= 11 is 19.4. The van der Waals surface area contributed by atoms with Gasteiger partial charge in [-0.15, -0.1) is 11.6 Å². The summed E-state index contributed by atoms with van der Waals surface area (Å²) in [6.45, 7) is 3.31. The van der Waals surface area contributed by atoms with Crippen molar-refractivity contribution >= 4 is 40.8 Å². The minimum absolute atomic E-state index is 0.0745. The fourth-order valence-corrected chi connectivity index (χ4v) is 6.52. The maximum absolute atomic E-state index is 11.7. The van der Waals surface area contributed by atoms with Gasteiger partial charge in [0.15, 0.2) is 6.29 Å². The Kier molecular flexibility index (Phi) is 13.0. The smallest absolute Gasteiger partial charge is 0.305 e. The zero-order valence-electron chi connectivity index (χ0n) is 21.0. The molecular weight excluding hydrogens is 507 g/mol. The summed E-state index contributed by atoms with van der Waals surface area (Å²) < 4.78 is 17.5. The number of rotatable bonds is 14. The molecule has 2 fully saturated rings. The second kappa shape index (κ2) is 15.7. The van der Waals surface area contributed by atoms with E-state index < -0.39 is 0 Å². The molecular formula is C28H41Cl3O4. The number of halogens is 3. The van der Waals surface area contributed by atoms with Crippen LogP contribution in [0.5, 0.6) is 0 Å². The molecule has 198 valence electrons. The third-order valence-electron chi connectivity index (χ3n) is 7.24. The second-order valence-corrected chi connectivity index (χ2v) is 11.5. The molecule has 0 bridgehead atoms. The van der Waals surface area contributed by atoms with Gasteiger partial charge in [-0.05, 0) is 93.4 Å².